The number of anilines is 1. The SMILES string of the molecule is CN=C(NCCN1CCc2ccccc2C1)Nc1ccc(OC)c(OC)c1.I. The van der Waals surface area contributed by atoms with Crippen molar-refractivity contribution in [1.29, 1.82) is 0 Å². The molecule has 152 valence electrons. The van der Waals surface area contributed by atoms with Gasteiger partial charge in [0.1, 0.15) is 0 Å². The molecule has 1 heterocycles. The molecule has 0 radical (unpaired) electrons. The molecule has 2 N–H and O–H groups in total. The second-order valence-corrected chi connectivity index (χ2v) is 6.49. The van der Waals surface area contributed by atoms with Gasteiger partial charge in [-0.15, -0.1) is 24.0 Å². The Hall–Kier alpha value is -2.00. The molecule has 0 bridgehead atoms. The van der Waals surface area contributed by atoms with E-state index in [1.807, 2.05) is 18.2 Å². The molecule has 0 saturated carbocycles. The number of nitrogens with one attached hydrogen (secondary N) is 2. The van der Waals surface area contributed by atoms with E-state index in [1.54, 1.807) is 21.3 Å². The zero-order valence-electron chi connectivity index (χ0n) is 16.7. The minimum absolute atomic E-state index is 0. The summed E-state index contributed by atoms with van der Waals surface area (Å²) < 4.78 is 10.6. The van der Waals surface area contributed by atoms with Gasteiger partial charge >= 0.3 is 0 Å². The largest absolute Gasteiger partial charge is 0.493 e. The number of hydrogen-bond donors (Lipinski definition) is 2. The molecule has 0 aromatic heterocycles. The number of guanidine groups is 1. The van der Waals surface area contributed by atoms with Gasteiger partial charge in [-0.3, -0.25) is 9.89 Å². The summed E-state index contributed by atoms with van der Waals surface area (Å²) in [5, 5.41) is 6.67. The minimum atomic E-state index is 0. The highest BCUT2D eigenvalue weighted by atomic mass is 127. The zero-order chi connectivity index (χ0) is 19.1. The number of nitrogens with zero attached hydrogens (tertiary/aromatic N) is 2. The molecule has 2 aromatic rings. The molecule has 0 aliphatic carbocycles. The first-order valence-corrected chi connectivity index (χ1v) is 9.22. The molecule has 0 saturated heterocycles. The van der Waals surface area contributed by atoms with Crippen LogP contribution in [-0.4, -0.2) is 51.8 Å². The molecule has 0 atom stereocenters. The zero-order valence-corrected chi connectivity index (χ0v) is 19.0. The Kier molecular flexibility index (Phi) is 8.85. The topological polar surface area (TPSA) is 58.1 Å². The quantitative estimate of drug-likeness (QED) is 0.365. The Labute approximate surface area is 184 Å². The van der Waals surface area contributed by atoms with Crippen LogP contribution in [0.1, 0.15) is 11.1 Å². The van der Waals surface area contributed by atoms with Gasteiger partial charge in [0.25, 0.3) is 0 Å². The maximum Gasteiger partial charge on any atom is 0.195 e. The number of fused-ring (bicyclic) bond motifs is 1. The van der Waals surface area contributed by atoms with Gasteiger partial charge in [0.2, 0.25) is 0 Å². The lowest BCUT2D eigenvalue weighted by molar-refractivity contribution is 0.258. The van der Waals surface area contributed by atoms with E-state index in [1.165, 1.54) is 11.1 Å². The van der Waals surface area contributed by atoms with Crippen molar-refractivity contribution in [1.82, 2.24) is 10.2 Å². The van der Waals surface area contributed by atoms with Gasteiger partial charge in [-0.05, 0) is 29.7 Å². The smallest absolute Gasteiger partial charge is 0.195 e. The van der Waals surface area contributed by atoms with Crippen LogP contribution in [-0.2, 0) is 13.0 Å². The molecule has 2 aromatic carbocycles. The second kappa shape index (κ2) is 11.1. The summed E-state index contributed by atoms with van der Waals surface area (Å²) in [6.07, 6.45) is 1.12. The van der Waals surface area contributed by atoms with Crippen molar-refractivity contribution in [3.63, 3.8) is 0 Å². The van der Waals surface area contributed by atoms with Crippen molar-refractivity contribution in [2.24, 2.45) is 4.99 Å². The van der Waals surface area contributed by atoms with Gasteiger partial charge < -0.3 is 20.1 Å². The predicted octanol–water partition coefficient (Wildman–Crippen LogP) is 3.37. The fourth-order valence-electron chi connectivity index (χ4n) is 3.31. The van der Waals surface area contributed by atoms with Gasteiger partial charge in [-0.2, -0.15) is 0 Å². The monoisotopic (exact) mass is 496 g/mol. The highest BCUT2D eigenvalue weighted by Gasteiger charge is 2.15. The maximum atomic E-state index is 5.35. The van der Waals surface area contributed by atoms with Crippen LogP contribution in [0, 0.1) is 0 Å². The van der Waals surface area contributed by atoms with Crippen LogP contribution in [0.4, 0.5) is 5.69 Å². The molecule has 0 spiro atoms. The highest BCUT2D eigenvalue weighted by Crippen LogP contribution is 2.29. The van der Waals surface area contributed by atoms with Crippen molar-refractivity contribution in [2.75, 3.05) is 46.2 Å². The van der Waals surface area contributed by atoms with E-state index >= 15 is 0 Å². The Morgan fingerprint density at radius 1 is 1.07 bits per heavy atom. The van der Waals surface area contributed by atoms with Gasteiger partial charge in [0.15, 0.2) is 17.5 Å². The number of hydrogen-bond acceptors (Lipinski definition) is 4. The highest BCUT2D eigenvalue weighted by molar-refractivity contribution is 14.0. The van der Waals surface area contributed by atoms with Crippen LogP contribution >= 0.6 is 24.0 Å². The molecule has 3 rings (SSSR count). The summed E-state index contributed by atoms with van der Waals surface area (Å²) in [4.78, 5) is 6.78. The first-order chi connectivity index (χ1) is 13.2. The third-order valence-corrected chi connectivity index (χ3v) is 4.80. The Morgan fingerprint density at radius 2 is 1.82 bits per heavy atom. The lowest BCUT2D eigenvalue weighted by Crippen LogP contribution is -2.39. The second-order valence-electron chi connectivity index (χ2n) is 6.49. The molecular formula is C21H29IN4O2. The summed E-state index contributed by atoms with van der Waals surface area (Å²) >= 11 is 0. The summed E-state index contributed by atoms with van der Waals surface area (Å²) in [6, 6.07) is 14.4. The first kappa shape index (κ1) is 22.3. The summed E-state index contributed by atoms with van der Waals surface area (Å²) in [5.41, 5.74) is 3.82. The Balaban J connectivity index is 0.00000280. The summed E-state index contributed by atoms with van der Waals surface area (Å²) in [5.74, 6) is 2.13. The van der Waals surface area contributed by atoms with Crippen molar-refractivity contribution < 1.29 is 9.47 Å². The maximum absolute atomic E-state index is 5.35. The molecule has 1 aliphatic heterocycles. The Morgan fingerprint density at radius 3 is 2.54 bits per heavy atom. The van der Waals surface area contributed by atoms with Crippen LogP contribution in [0.5, 0.6) is 11.5 Å². The van der Waals surface area contributed by atoms with Crippen LogP contribution in [0.15, 0.2) is 47.5 Å². The number of methoxy groups -OCH3 is 2. The number of halogens is 1. The van der Waals surface area contributed by atoms with Crippen LogP contribution in [0.25, 0.3) is 0 Å². The normalized spacial score (nSPS) is 13.9. The van der Waals surface area contributed by atoms with Crippen LogP contribution < -0.4 is 20.1 Å². The average molecular weight is 496 g/mol. The van der Waals surface area contributed by atoms with Crippen molar-refractivity contribution in [3.05, 3.63) is 53.6 Å². The van der Waals surface area contributed by atoms with Crippen molar-refractivity contribution in [2.45, 2.75) is 13.0 Å². The first-order valence-electron chi connectivity index (χ1n) is 9.22. The average Bonchev–Trinajstić information content (AvgIpc) is 2.72. The van der Waals surface area contributed by atoms with E-state index < -0.39 is 0 Å². The molecule has 7 heteroatoms. The van der Waals surface area contributed by atoms with E-state index in [-0.39, 0.29) is 24.0 Å². The summed E-state index contributed by atoms with van der Waals surface area (Å²) in [6.45, 7) is 3.91. The number of benzene rings is 2. The van der Waals surface area contributed by atoms with Gasteiger partial charge in [0.05, 0.1) is 14.2 Å². The third-order valence-electron chi connectivity index (χ3n) is 4.80. The van der Waals surface area contributed by atoms with Crippen molar-refractivity contribution >= 4 is 35.6 Å². The standard InChI is InChI=1S/C21H28N4O2.HI/c1-22-21(24-18-8-9-19(26-2)20(14-18)27-3)23-11-13-25-12-10-16-6-4-5-7-17(16)15-25;/h4-9,14H,10-13,15H2,1-3H3,(H2,22,23,24);1H. The number of aliphatic imine (C=N–C) groups is 1. The van der Waals surface area contributed by atoms with Crippen LogP contribution in [0.2, 0.25) is 0 Å². The fraction of sp³-hybridized carbons (Fsp3) is 0.381. The predicted molar refractivity (Wildman–Crippen MR) is 125 cm³/mol. The van der Waals surface area contributed by atoms with Crippen LogP contribution in [0.3, 0.4) is 0 Å². The Bertz CT molecular complexity index is 798. The minimum Gasteiger partial charge on any atom is -0.493 e. The summed E-state index contributed by atoms with van der Waals surface area (Å²) in [7, 11) is 5.03. The molecule has 0 fully saturated rings. The molecular weight excluding hydrogens is 467 g/mol. The van der Waals surface area contributed by atoms with E-state index in [2.05, 4.69) is 44.8 Å². The molecule has 0 unspecified atom stereocenters. The lowest BCUT2D eigenvalue weighted by atomic mass is 10.00. The van der Waals surface area contributed by atoms with Gasteiger partial charge in [-0.25, -0.2) is 0 Å². The fourth-order valence-corrected chi connectivity index (χ4v) is 3.31. The number of rotatable bonds is 6. The van der Waals surface area contributed by atoms with E-state index in [0.29, 0.717) is 11.5 Å². The number of ether oxygens (including phenoxy) is 2. The third kappa shape index (κ3) is 5.75. The molecule has 6 nitrogen and oxygen atoms in total. The van der Waals surface area contributed by atoms with E-state index in [4.69, 9.17) is 9.47 Å². The van der Waals surface area contributed by atoms with Gasteiger partial charge in [0, 0.05) is 45.0 Å². The van der Waals surface area contributed by atoms with E-state index in [9.17, 15) is 0 Å². The van der Waals surface area contributed by atoms with E-state index in [0.717, 1.165) is 44.2 Å². The lowest BCUT2D eigenvalue weighted by Gasteiger charge is -2.28. The van der Waals surface area contributed by atoms with Crippen molar-refractivity contribution in [3.8, 4) is 11.5 Å². The molecule has 28 heavy (non-hydrogen) atoms. The van der Waals surface area contributed by atoms with Gasteiger partial charge in [-0.1, -0.05) is 24.3 Å². The molecule has 0 amide bonds. The molecule has 1 aliphatic rings.